The lowest BCUT2D eigenvalue weighted by atomic mass is 9.93. The van der Waals surface area contributed by atoms with Gasteiger partial charge in [0, 0.05) is 0 Å². The third-order valence-electron chi connectivity index (χ3n) is 11.0. The average molecular weight is 835 g/mol. The van der Waals surface area contributed by atoms with Crippen LogP contribution in [0.15, 0.2) is 36.3 Å². The smallest absolute Gasteiger partial charge is 0.161 e. The Morgan fingerprint density at radius 1 is 0.250 bits per heavy atom. The molecule has 0 saturated heterocycles. The average Bonchev–Trinajstić information content (AvgIpc) is 3.31. The topological polar surface area (TPSA) is 55.4 Å². The van der Waals surface area contributed by atoms with Gasteiger partial charge in [0.15, 0.2) is 34.5 Å². The van der Waals surface area contributed by atoms with E-state index in [1.807, 2.05) is 0 Å². The van der Waals surface area contributed by atoms with E-state index >= 15 is 0 Å². The molecule has 6 nitrogen and oxygen atoms in total. The molecule has 0 saturated carbocycles. The summed E-state index contributed by atoms with van der Waals surface area (Å²) in [6, 6.07) is -0.549. The monoisotopic (exact) mass is 835 g/mol. The normalized spacial score (nSPS) is 12.9. The van der Waals surface area contributed by atoms with Crippen LogP contribution in [0, 0.1) is 0 Å². The van der Waals surface area contributed by atoms with E-state index in [2.05, 4.69) is 41.5 Å². The fraction of sp³-hybridized carbons (Fsp3) is 0.667. The molecular formula is C54H84O6. The summed E-state index contributed by atoms with van der Waals surface area (Å²) in [4.78, 5) is 0. The van der Waals surface area contributed by atoms with Crippen molar-refractivity contribution in [3.63, 3.8) is 0 Å². The Bertz CT molecular complexity index is 1680. The second-order valence-electron chi connectivity index (χ2n) is 16.4. The Morgan fingerprint density at radius 3 is 0.533 bits per heavy atom. The standard InChI is InChI=1S/C54H84O6/c1-7-13-19-25-31-55-49-37-43-44(38-50(49)56-32-26-20-14-8-2)46-40-52(58-34-28-22-16-10-4)54(60-36-30-24-18-12-6)42-48(46)47-41-53(59-35-29-23-17-11-5)51(39-45(43)47)57-33-27-21-15-9-3/h37-42H,7-36H2,1-6H3/i37D,38D,39D,40D,41D,42D. The van der Waals surface area contributed by atoms with E-state index in [-0.39, 0.29) is 103 Å². The Balaban J connectivity index is 2.22. The summed E-state index contributed by atoms with van der Waals surface area (Å²) in [5.41, 5.74) is 0. The Kier molecular flexibility index (Phi) is 20.0. The van der Waals surface area contributed by atoms with Gasteiger partial charge in [0.25, 0.3) is 0 Å². The molecule has 0 N–H and O–H groups in total. The van der Waals surface area contributed by atoms with Gasteiger partial charge in [-0.3, -0.25) is 0 Å². The van der Waals surface area contributed by atoms with Crippen LogP contribution in [0.2, 0.25) is 0 Å². The van der Waals surface area contributed by atoms with E-state index in [0.29, 0.717) is 39.6 Å². The molecule has 60 heavy (non-hydrogen) atoms. The Labute approximate surface area is 374 Å². The van der Waals surface area contributed by atoms with E-state index in [4.69, 9.17) is 28.4 Å². The van der Waals surface area contributed by atoms with Crippen LogP contribution >= 0.6 is 0 Å². The lowest BCUT2D eigenvalue weighted by molar-refractivity contribution is 0.259. The van der Waals surface area contributed by atoms with Gasteiger partial charge in [-0.2, -0.15) is 0 Å². The maximum atomic E-state index is 10.1. The number of ether oxygens (including phenoxy) is 6. The molecule has 0 unspecified atom stereocenters. The van der Waals surface area contributed by atoms with Gasteiger partial charge in [0.1, 0.15) is 0 Å². The molecule has 6 heteroatoms. The van der Waals surface area contributed by atoms with Gasteiger partial charge in [0.2, 0.25) is 0 Å². The number of fused-ring (bicyclic) bond motifs is 6. The maximum absolute atomic E-state index is 10.1. The predicted molar refractivity (Wildman–Crippen MR) is 257 cm³/mol. The minimum absolute atomic E-state index is 0.0915. The van der Waals surface area contributed by atoms with E-state index < -0.39 is 0 Å². The molecule has 0 aromatic heterocycles. The highest BCUT2D eigenvalue weighted by atomic mass is 16.5. The molecule has 0 aliphatic carbocycles. The number of rotatable bonds is 36. The van der Waals surface area contributed by atoms with Crippen molar-refractivity contribution in [3.05, 3.63) is 36.3 Å². The summed E-state index contributed by atoms with van der Waals surface area (Å²) in [5.74, 6) is 0.675. The zero-order chi connectivity index (χ0) is 47.8. The highest BCUT2D eigenvalue weighted by Crippen LogP contribution is 2.47. The van der Waals surface area contributed by atoms with Crippen LogP contribution in [0.5, 0.6) is 34.5 Å². The molecule has 4 aromatic carbocycles. The highest BCUT2D eigenvalue weighted by Gasteiger charge is 2.21. The van der Waals surface area contributed by atoms with Crippen LogP contribution in [-0.4, -0.2) is 39.6 Å². The second-order valence-corrected chi connectivity index (χ2v) is 16.4. The molecule has 0 spiro atoms. The molecule has 336 valence electrons. The lowest BCUT2D eigenvalue weighted by Crippen LogP contribution is -2.05. The van der Waals surface area contributed by atoms with Crippen molar-refractivity contribution in [3.8, 4) is 34.5 Å². The number of hydrogen-bond donors (Lipinski definition) is 0. The quantitative estimate of drug-likeness (QED) is 0.0336. The predicted octanol–water partition coefficient (Wildman–Crippen LogP) is 16.9. The van der Waals surface area contributed by atoms with Crippen LogP contribution in [0.4, 0.5) is 0 Å². The first-order chi connectivity index (χ1) is 32.2. The molecule has 4 rings (SSSR count). The van der Waals surface area contributed by atoms with Crippen molar-refractivity contribution in [2.75, 3.05) is 39.6 Å². The maximum Gasteiger partial charge on any atom is 0.161 e. The van der Waals surface area contributed by atoms with Crippen molar-refractivity contribution in [1.82, 2.24) is 0 Å². The van der Waals surface area contributed by atoms with Crippen LogP contribution in [-0.2, 0) is 0 Å². The third-order valence-corrected chi connectivity index (χ3v) is 11.0. The summed E-state index contributed by atoms with van der Waals surface area (Å²) >= 11 is 0. The van der Waals surface area contributed by atoms with Gasteiger partial charge < -0.3 is 28.4 Å². The van der Waals surface area contributed by atoms with Crippen LogP contribution in [0.3, 0.4) is 0 Å². The van der Waals surface area contributed by atoms with Crippen LogP contribution < -0.4 is 28.4 Å². The summed E-state index contributed by atoms with van der Waals surface area (Å²) in [7, 11) is 0. The second kappa shape index (κ2) is 29.7. The summed E-state index contributed by atoms with van der Waals surface area (Å²) in [5, 5.41) is 1.10. The zero-order valence-corrected chi connectivity index (χ0v) is 38.7. The zero-order valence-electron chi connectivity index (χ0n) is 44.7. The fourth-order valence-corrected chi connectivity index (χ4v) is 7.35. The van der Waals surface area contributed by atoms with E-state index in [9.17, 15) is 8.22 Å². The summed E-state index contributed by atoms with van der Waals surface area (Å²) < 4.78 is 99.2. The van der Waals surface area contributed by atoms with Gasteiger partial charge in [-0.05, 0) is 107 Å². The number of benzene rings is 4. The van der Waals surface area contributed by atoms with Crippen molar-refractivity contribution >= 4 is 32.3 Å². The van der Waals surface area contributed by atoms with Gasteiger partial charge in [-0.15, -0.1) is 0 Å². The first-order valence-electron chi connectivity index (χ1n) is 27.4. The minimum Gasteiger partial charge on any atom is -0.490 e. The molecule has 0 fully saturated rings. The molecule has 4 aromatic rings. The van der Waals surface area contributed by atoms with E-state index in [1.165, 1.54) is 0 Å². The fourth-order valence-electron chi connectivity index (χ4n) is 7.35. The highest BCUT2D eigenvalue weighted by molar-refractivity contribution is 6.26. The third kappa shape index (κ3) is 16.1. The molecule has 0 bridgehead atoms. The van der Waals surface area contributed by atoms with Gasteiger partial charge in [-0.1, -0.05) is 157 Å². The van der Waals surface area contributed by atoms with Crippen molar-refractivity contribution in [1.29, 1.82) is 0 Å². The van der Waals surface area contributed by atoms with Gasteiger partial charge in [0.05, 0.1) is 47.9 Å². The van der Waals surface area contributed by atoms with Crippen molar-refractivity contribution in [2.24, 2.45) is 0 Å². The first kappa shape index (κ1) is 40.5. The van der Waals surface area contributed by atoms with E-state index in [0.717, 1.165) is 154 Å². The largest absolute Gasteiger partial charge is 0.490 e. The molecule has 0 amide bonds. The molecule has 0 heterocycles. The van der Waals surface area contributed by atoms with Crippen molar-refractivity contribution < 1.29 is 36.6 Å². The van der Waals surface area contributed by atoms with E-state index in [1.54, 1.807) is 0 Å². The summed E-state index contributed by atoms with van der Waals surface area (Å²) in [6.07, 6.45) is 22.8. The first-order valence-corrected chi connectivity index (χ1v) is 24.4. The van der Waals surface area contributed by atoms with Gasteiger partial charge in [-0.25, -0.2) is 0 Å². The van der Waals surface area contributed by atoms with Gasteiger partial charge >= 0.3 is 0 Å². The minimum atomic E-state index is -0.0915. The number of unbranched alkanes of at least 4 members (excludes halogenated alkanes) is 18. The molecular weight excluding hydrogens is 745 g/mol. The molecule has 0 aliphatic heterocycles. The van der Waals surface area contributed by atoms with Crippen LogP contribution in [0.1, 0.15) is 204 Å². The van der Waals surface area contributed by atoms with Crippen molar-refractivity contribution in [2.45, 2.75) is 196 Å². The number of hydrogen-bond acceptors (Lipinski definition) is 6. The molecule has 0 aliphatic rings. The lowest BCUT2D eigenvalue weighted by Gasteiger charge is -2.21. The summed E-state index contributed by atoms with van der Waals surface area (Å²) in [6.45, 7) is 14.8. The molecule has 0 radical (unpaired) electrons. The Hall–Kier alpha value is -3.54. The Morgan fingerprint density at radius 2 is 0.400 bits per heavy atom. The molecule has 0 atom stereocenters. The SMILES string of the molecule is [2H]c1c(OCCCCCC)c(OCCCCCC)c([2H])c2c1c1c([2H])c(OCCCCCC)c(OCCCCCC)c([2H])c1c1c([2H])c(OCCCCCC)c(OCCCCCC)c([2H])c21. The van der Waals surface area contributed by atoms with Crippen LogP contribution in [0.25, 0.3) is 32.3 Å².